The second kappa shape index (κ2) is 6.82. The van der Waals surface area contributed by atoms with Crippen LogP contribution in [0.25, 0.3) is 28.2 Å². The highest BCUT2D eigenvalue weighted by Gasteiger charge is 2.21. The molecular weight excluding hydrogens is 382 g/mol. The largest absolute Gasteiger partial charge is 0.496 e. The molecule has 2 aromatic carbocycles. The van der Waals surface area contributed by atoms with E-state index in [9.17, 15) is 9.59 Å². The van der Waals surface area contributed by atoms with Crippen molar-refractivity contribution in [1.29, 1.82) is 0 Å². The van der Waals surface area contributed by atoms with Gasteiger partial charge in [-0.1, -0.05) is 29.8 Å². The van der Waals surface area contributed by atoms with Crippen molar-refractivity contribution in [3.05, 3.63) is 69.7 Å². The maximum absolute atomic E-state index is 12.6. The molecule has 1 amide bonds. The number of H-pyrrole nitrogens is 1. The summed E-state index contributed by atoms with van der Waals surface area (Å²) in [5.41, 5.74) is 6.32. The van der Waals surface area contributed by atoms with Crippen molar-refractivity contribution in [3.63, 3.8) is 0 Å². The first-order chi connectivity index (χ1) is 13.5. The lowest BCUT2D eigenvalue weighted by atomic mass is 10.2. The Kier molecular flexibility index (Phi) is 4.32. The molecule has 0 aliphatic rings. The molecule has 4 rings (SSSR count). The fourth-order valence-corrected chi connectivity index (χ4v) is 3.15. The average molecular weight is 396 g/mol. The molecule has 8 nitrogen and oxygen atoms in total. The molecule has 0 spiro atoms. The SMILES string of the molecule is COc1ccccc1-c1nc(C(N)=O)c2[nH]c(=O)n(-c3cccc(Cl)c3)c2n1. The van der Waals surface area contributed by atoms with Gasteiger partial charge in [-0.25, -0.2) is 19.3 Å². The van der Waals surface area contributed by atoms with Gasteiger partial charge in [0.25, 0.3) is 5.91 Å². The maximum atomic E-state index is 12.6. The Hall–Kier alpha value is -3.65. The lowest BCUT2D eigenvalue weighted by Crippen LogP contribution is -2.15. The van der Waals surface area contributed by atoms with Crippen LogP contribution in [-0.4, -0.2) is 32.5 Å². The van der Waals surface area contributed by atoms with Crippen molar-refractivity contribution in [1.82, 2.24) is 19.5 Å². The Labute approximate surface area is 163 Å². The number of nitrogens with one attached hydrogen (secondary N) is 1. The summed E-state index contributed by atoms with van der Waals surface area (Å²) >= 11 is 6.06. The zero-order valence-corrected chi connectivity index (χ0v) is 15.4. The molecule has 2 heterocycles. The van der Waals surface area contributed by atoms with Crippen molar-refractivity contribution in [2.24, 2.45) is 5.73 Å². The number of primary amides is 1. The Morgan fingerprint density at radius 3 is 2.68 bits per heavy atom. The molecule has 9 heteroatoms. The summed E-state index contributed by atoms with van der Waals surface area (Å²) < 4.78 is 6.67. The number of halogens is 1. The number of methoxy groups -OCH3 is 1. The van der Waals surface area contributed by atoms with Crippen molar-refractivity contribution < 1.29 is 9.53 Å². The van der Waals surface area contributed by atoms with Crippen LogP contribution >= 0.6 is 11.6 Å². The summed E-state index contributed by atoms with van der Waals surface area (Å²) in [6.45, 7) is 0. The zero-order valence-electron chi connectivity index (χ0n) is 14.6. The van der Waals surface area contributed by atoms with E-state index in [1.54, 1.807) is 48.5 Å². The van der Waals surface area contributed by atoms with Gasteiger partial charge in [0.15, 0.2) is 17.2 Å². The van der Waals surface area contributed by atoms with Crippen LogP contribution in [0.2, 0.25) is 5.02 Å². The molecule has 0 fully saturated rings. The maximum Gasteiger partial charge on any atom is 0.332 e. The summed E-state index contributed by atoms with van der Waals surface area (Å²) in [5.74, 6) is -0.0685. The van der Waals surface area contributed by atoms with Crippen molar-refractivity contribution in [2.45, 2.75) is 0 Å². The second-order valence-electron chi connectivity index (χ2n) is 5.90. The normalized spacial score (nSPS) is 10.9. The molecule has 0 aliphatic heterocycles. The van der Waals surface area contributed by atoms with Crippen molar-refractivity contribution >= 4 is 28.7 Å². The molecule has 0 saturated carbocycles. The topological polar surface area (TPSA) is 116 Å². The Morgan fingerprint density at radius 1 is 1.18 bits per heavy atom. The molecule has 28 heavy (non-hydrogen) atoms. The van der Waals surface area contributed by atoms with Gasteiger partial charge in [0.05, 0.1) is 18.4 Å². The van der Waals surface area contributed by atoms with Crippen LogP contribution in [0.1, 0.15) is 10.5 Å². The van der Waals surface area contributed by atoms with Crippen LogP contribution in [0.4, 0.5) is 0 Å². The molecule has 140 valence electrons. The predicted octanol–water partition coefficient (Wildman–Crippen LogP) is 2.54. The molecule has 2 aromatic heterocycles. The van der Waals surface area contributed by atoms with Crippen LogP contribution in [0.15, 0.2) is 53.3 Å². The van der Waals surface area contributed by atoms with Gasteiger partial charge in [-0.15, -0.1) is 0 Å². The molecule has 0 unspecified atom stereocenters. The second-order valence-corrected chi connectivity index (χ2v) is 6.34. The van der Waals surface area contributed by atoms with Crippen LogP contribution < -0.4 is 16.2 Å². The molecule has 0 aliphatic carbocycles. The van der Waals surface area contributed by atoms with Gasteiger partial charge in [0.1, 0.15) is 11.3 Å². The number of para-hydroxylation sites is 1. The van der Waals surface area contributed by atoms with Crippen LogP contribution in [-0.2, 0) is 0 Å². The number of nitrogens with zero attached hydrogens (tertiary/aromatic N) is 3. The summed E-state index contributed by atoms with van der Waals surface area (Å²) in [4.78, 5) is 36.0. The number of imidazole rings is 1. The highest BCUT2D eigenvalue weighted by molar-refractivity contribution is 6.30. The molecule has 4 aromatic rings. The lowest BCUT2D eigenvalue weighted by Gasteiger charge is -2.09. The van der Waals surface area contributed by atoms with Gasteiger partial charge in [-0.3, -0.25) is 4.79 Å². The van der Waals surface area contributed by atoms with Gasteiger partial charge in [-0.2, -0.15) is 0 Å². The van der Waals surface area contributed by atoms with Crippen molar-refractivity contribution in [2.75, 3.05) is 7.11 Å². The Bertz CT molecular complexity index is 1280. The summed E-state index contributed by atoms with van der Waals surface area (Å²) in [7, 11) is 1.52. The number of fused-ring (bicyclic) bond motifs is 1. The number of ether oxygens (including phenoxy) is 1. The molecule has 0 radical (unpaired) electrons. The smallest absolute Gasteiger partial charge is 0.332 e. The van der Waals surface area contributed by atoms with E-state index in [1.165, 1.54) is 11.7 Å². The number of nitrogens with two attached hydrogens (primary N) is 1. The first kappa shape index (κ1) is 17.7. The van der Waals surface area contributed by atoms with E-state index in [2.05, 4.69) is 15.0 Å². The Morgan fingerprint density at radius 2 is 1.96 bits per heavy atom. The number of carbonyl (C=O) groups excluding carboxylic acids is 1. The van der Waals surface area contributed by atoms with Gasteiger partial charge in [-0.05, 0) is 30.3 Å². The molecule has 0 bridgehead atoms. The fourth-order valence-electron chi connectivity index (χ4n) is 2.97. The number of carbonyl (C=O) groups is 1. The lowest BCUT2D eigenvalue weighted by molar-refractivity contribution is 0.0997. The van der Waals surface area contributed by atoms with E-state index >= 15 is 0 Å². The number of rotatable bonds is 4. The third kappa shape index (κ3) is 2.89. The molecule has 0 saturated heterocycles. The minimum atomic E-state index is -0.789. The summed E-state index contributed by atoms with van der Waals surface area (Å²) in [6.07, 6.45) is 0. The molecular formula is C19H14ClN5O3. The third-order valence-electron chi connectivity index (χ3n) is 4.18. The Balaban J connectivity index is 2.09. The fraction of sp³-hybridized carbons (Fsp3) is 0.0526. The number of aromatic nitrogens is 4. The highest BCUT2D eigenvalue weighted by atomic mass is 35.5. The number of hydrogen-bond acceptors (Lipinski definition) is 5. The third-order valence-corrected chi connectivity index (χ3v) is 4.42. The average Bonchev–Trinajstić information content (AvgIpc) is 3.02. The number of benzene rings is 2. The van der Waals surface area contributed by atoms with Gasteiger partial charge < -0.3 is 15.5 Å². The van der Waals surface area contributed by atoms with Crippen LogP contribution in [0.5, 0.6) is 5.75 Å². The minimum absolute atomic E-state index is 0.0937. The van der Waals surface area contributed by atoms with E-state index in [0.717, 1.165) is 0 Å². The minimum Gasteiger partial charge on any atom is -0.496 e. The quantitative estimate of drug-likeness (QED) is 0.550. The number of hydrogen-bond donors (Lipinski definition) is 2. The van der Waals surface area contributed by atoms with E-state index in [4.69, 9.17) is 22.1 Å². The van der Waals surface area contributed by atoms with Crippen molar-refractivity contribution in [3.8, 4) is 22.8 Å². The van der Waals surface area contributed by atoms with Gasteiger partial charge in [0.2, 0.25) is 0 Å². The summed E-state index contributed by atoms with van der Waals surface area (Å²) in [6, 6.07) is 13.8. The molecule has 3 N–H and O–H groups in total. The first-order valence-electron chi connectivity index (χ1n) is 8.21. The van der Waals surface area contributed by atoms with E-state index in [-0.39, 0.29) is 22.7 Å². The predicted molar refractivity (Wildman–Crippen MR) is 105 cm³/mol. The number of aromatic amines is 1. The van der Waals surface area contributed by atoms with E-state index in [1.807, 2.05) is 0 Å². The highest BCUT2D eigenvalue weighted by Crippen LogP contribution is 2.29. The monoisotopic (exact) mass is 395 g/mol. The number of amides is 1. The van der Waals surface area contributed by atoms with Gasteiger partial charge in [0, 0.05) is 5.02 Å². The van der Waals surface area contributed by atoms with Gasteiger partial charge >= 0.3 is 5.69 Å². The summed E-state index contributed by atoms with van der Waals surface area (Å²) in [5, 5.41) is 0.452. The van der Waals surface area contributed by atoms with Crippen LogP contribution in [0.3, 0.4) is 0 Å². The molecule has 0 atom stereocenters. The first-order valence-corrected chi connectivity index (χ1v) is 8.59. The standard InChI is InChI=1S/C19H14ClN5O3/c1-28-13-8-3-2-7-12(13)17-22-14(16(21)26)15-18(24-17)25(19(27)23-15)11-6-4-5-10(20)9-11/h2-9H,1H3,(H2,21,26)(H,23,27). The van der Waals surface area contributed by atoms with Crippen LogP contribution in [0, 0.1) is 0 Å². The zero-order chi connectivity index (χ0) is 19.8. The van der Waals surface area contributed by atoms with E-state index in [0.29, 0.717) is 22.0 Å². The van der Waals surface area contributed by atoms with E-state index < -0.39 is 11.6 Å².